The third-order valence-corrected chi connectivity index (χ3v) is 4.09. The summed E-state index contributed by atoms with van der Waals surface area (Å²) in [5, 5.41) is 5.79. The van der Waals surface area contributed by atoms with Crippen LogP contribution in [0.15, 0.2) is 40.2 Å². The molecule has 2 N–H and O–H groups in total. The maximum Gasteiger partial charge on any atom is 0.248 e. The van der Waals surface area contributed by atoms with E-state index in [9.17, 15) is 4.79 Å². The Balaban J connectivity index is 1.78. The molecular formula is C14H10ClN3O2S. The van der Waals surface area contributed by atoms with Crippen molar-refractivity contribution in [3.63, 3.8) is 0 Å². The minimum Gasteiger partial charge on any atom is -0.366 e. The van der Waals surface area contributed by atoms with Gasteiger partial charge in [-0.05, 0) is 29.1 Å². The normalized spacial score (nSPS) is 10.7. The fourth-order valence-corrected chi connectivity index (χ4v) is 2.76. The minimum absolute atomic E-state index is 0.450. The molecule has 0 atom stereocenters. The zero-order valence-electron chi connectivity index (χ0n) is 10.7. The lowest BCUT2D eigenvalue weighted by molar-refractivity contribution is 0.100. The second-order valence-corrected chi connectivity index (χ2v) is 5.88. The maximum absolute atomic E-state index is 11.0. The SMILES string of the molecule is NC(=O)c1ccc(Cc2nc(-c3ccsc3Cl)no2)cc1. The van der Waals surface area contributed by atoms with Crippen LogP contribution in [0.1, 0.15) is 21.8 Å². The van der Waals surface area contributed by atoms with Gasteiger partial charge in [-0.15, -0.1) is 11.3 Å². The second kappa shape index (κ2) is 5.67. The van der Waals surface area contributed by atoms with E-state index in [0.29, 0.717) is 28.0 Å². The molecule has 21 heavy (non-hydrogen) atoms. The summed E-state index contributed by atoms with van der Waals surface area (Å²) in [7, 11) is 0. The average Bonchev–Trinajstić information content (AvgIpc) is 3.08. The zero-order chi connectivity index (χ0) is 14.8. The van der Waals surface area contributed by atoms with Crippen LogP contribution in [-0.2, 0) is 6.42 Å². The molecule has 0 bridgehead atoms. The fourth-order valence-electron chi connectivity index (χ4n) is 1.85. The molecule has 5 nitrogen and oxygen atoms in total. The molecule has 0 unspecified atom stereocenters. The molecule has 1 amide bonds. The first-order valence-electron chi connectivity index (χ1n) is 6.08. The number of hydrogen-bond acceptors (Lipinski definition) is 5. The molecule has 7 heteroatoms. The van der Waals surface area contributed by atoms with E-state index < -0.39 is 5.91 Å². The number of rotatable bonds is 4. The third-order valence-electron chi connectivity index (χ3n) is 2.92. The van der Waals surface area contributed by atoms with Crippen LogP contribution in [0, 0.1) is 0 Å². The molecule has 3 aromatic rings. The Hall–Kier alpha value is -2.18. The molecule has 0 aliphatic carbocycles. The highest BCUT2D eigenvalue weighted by Crippen LogP contribution is 2.30. The number of thiophene rings is 1. The number of carbonyl (C=O) groups excluding carboxylic acids is 1. The molecule has 0 saturated carbocycles. The number of halogens is 1. The molecule has 0 spiro atoms. The molecular weight excluding hydrogens is 310 g/mol. The number of nitrogens with two attached hydrogens (primary N) is 1. The van der Waals surface area contributed by atoms with Crippen LogP contribution in [-0.4, -0.2) is 16.0 Å². The highest BCUT2D eigenvalue weighted by molar-refractivity contribution is 7.15. The summed E-state index contributed by atoms with van der Waals surface area (Å²) in [4.78, 5) is 15.3. The lowest BCUT2D eigenvalue weighted by Crippen LogP contribution is -2.10. The Bertz CT molecular complexity index is 780. The van der Waals surface area contributed by atoms with E-state index in [1.807, 2.05) is 23.6 Å². The van der Waals surface area contributed by atoms with E-state index in [4.69, 9.17) is 21.9 Å². The van der Waals surface area contributed by atoms with Gasteiger partial charge in [0.05, 0.1) is 12.0 Å². The Morgan fingerprint density at radius 3 is 2.67 bits per heavy atom. The number of benzene rings is 1. The van der Waals surface area contributed by atoms with Crippen molar-refractivity contribution in [3.05, 3.63) is 57.1 Å². The van der Waals surface area contributed by atoms with E-state index in [2.05, 4.69) is 10.1 Å². The summed E-state index contributed by atoms with van der Waals surface area (Å²) < 4.78 is 5.85. The lowest BCUT2D eigenvalue weighted by Gasteiger charge is -1.98. The predicted molar refractivity (Wildman–Crippen MR) is 80.4 cm³/mol. The second-order valence-electron chi connectivity index (χ2n) is 4.36. The number of nitrogens with zero attached hydrogens (tertiary/aromatic N) is 2. The topological polar surface area (TPSA) is 82.0 Å². The van der Waals surface area contributed by atoms with E-state index in [1.165, 1.54) is 11.3 Å². The summed E-state index contributed by atoms with van der Waals surface area (Å²) in [6, 6.07) is 8.81. The monoisotopic (exact) mass is 319 g/mol. The van der Waals surface area contributed by atoms with Gasteiger partial charge in [-0.3, -0.25) is 4.79 Å². The molecule has 0 aliphatic heterocycles. The quantitative estimate of drug-likeness (QED) is 0.801. The highest BCUT2D eigenvalue weighted by Gasteiger charge is 2.13. The van der Waals surface area contributed by atoms with Crippen LogP contribution in [0.3, 0.4) is 0 Å². The molecule has 106 valence electrons. The Morgan fingerprint density at radius 2 is 2.05 bits per heavy atom. The first-order chi connectivity index (χ1) is 10.1. The number of primary amides is 1. The van der Waals surface area contributed by atoms with Crippen LogP contribution in [0.5, 0.6) is 0 Å². The van der Waals surface area contributed by atoms with Crippen molar-refractivity contribution in [2.75, 3.05) is 0 Å². The molecule has 2 aromatic heterocycles. The molecule has 0 saturated heterocycles. The summed E-state index contributed by atoms with van der Waals surface area (Å²) in [6.45, 7) is 0. The number of hydrogen-bond donors (Lipinski definition) is 1. The van der Waals surface area contributed by atoms with Crippen LogP contribution < -0.4 is 5.73 Å². The Kier molecular flexibility index (Phi) is 3.72. The van der Waals surface area contributed by atoms with Gasteiger partial charge in [0.2, 0.25) is 17.6 Å². The van der Waals surface area contributed by atoms with Gasteiger partial charge in [0.1, 0.15) is 4.34 Å². The van der Waals surface area contributed by atoms with Crippen molar-refractivity contribution in [1.29, 1.82) is 0 Å². The molecule has 0 aliphatic rings. The van der Waals surface area contributed by atoms with E-state index in [-0.39, 0.29) is 0 Å². The third kappa shape index (κ3) is 2.96. The largest absolute Gasteiger partial charge is 0.366 e. The van der Waals surface area contributed by atoms with Crippen LogP contribution >= 0.6 is 22.9 Å². The van der Waals surface area contributed by atoms with Gasteiger partial charge in [-0.1, -0.05) is 28.9 Å². The molecule has 0 fully saturated rings. The number of amides is 1. The van der Waals surface area contributed by atoms with Crippen molar-refractivity contribution in [3.8, 4) is 11.4 Å². The minimum atomic E-state index is -0.450. The Labute approximate surface area is 129 Å². The van der Waals surface area contributed by atoms with Gasteiger partial charge < -0.3 is 10.3 Å². The highest BCUT2D eigenvalue weighted by atomic mass is 35.5. The maximum atomic E-state index is 11.0. The van der Waals surface area contributed by atoms with Crippen molar-refractivity contribution < 1.29 is 9.32 Å². The van der Waals surface area contributed by atoms with Crippen molar-refractivity contribution in [2.45, 2.75) is 6.42 Å². The van der Waals surface area contributed by atoms with E-state index >= 15 is 0 Å². The fraction of sp³-hybridized carbons (Fsp3) is 0.0714. The first-order valence-corrected chi connectivity index (χ1v) is 7.34. The van der Waals surface area contributed by atoms with Crippen molar-refractivity contribution >= 4 is 28.8 Å². The standard InChI is InChI=1S/C14H10ClN3O2S/c15-12-10(5-6-21-12)14-17-11(20-18-14)7-8-1-3-9(4-2-8)13(16)19/h1-6H,7H2,(H2,16,19). The summed E-state index contributed by atoms with van der Waals surface area (Å²) in [5.41, 5.74) is 7.38. The van der Waals surface area contributed by atoms with Crippen LogP contribution in [0.2, 0.25) is 4.34 Å². The summed E-state index contributed by atoms with van der Waals surface area (Å²) in [5.74, 6) is 0.512. The first kappa shape index (κ1) is 13.8. The van der Waals surface area contributed by atoms with Gasteiger partial charge in [-0.25, -0.2) is 0 Å². The van der Waals surface area contributed by atoms with Crippen LogP contribution in [0.4, 0.5) is 0 Å². The van der Waals surface area contributed by atoms with E-state index in [0.717, 1.165) is 11.1 Å². The van der Waals surface area contributed by atoms with Gasteiger partial charge in [0.25, 0.3) is 0 Å². The zero-order valence-corrected chi connectivity index (χ0v) is 12.3. The van der Waals surface area contributed by atoms with Gasteiger partial charge in [0.15, 0.2) is 0 Å². The van der Waals surface area contributed by atoms with Gasteiger partial charge in [-0.2, -0.15) is 4.98 Å². The molecule has 3 rings (SSSR count). The van der Waals surface area contributed by atoms with E-state index in [1.54, 1.807) is 12.1 Å². The van der Waals surface area contributed by atoms with Crippen LogP contribution in [0.25, 0.3) is 11.4 Å². The molecule has 1 aromatic carbocycles. The van der Waals surface area contributed by atoms with Gasteiger partial charge in [0, 0.05) is 5.56 Å². The smallest absolute Gasteiger partial charge is 0.248 e. The predicted octanol–water partition coefficient (Wildman–Crippen LogP) is 3.14. The van der Waals surface area contributed by atoms with Gasteiger partial charge >= 0.3 is 0 Å². The number of aromatic nitrogens is 2. The van der Waals surface area contributed by atoms with Crippen molar-refractivity contribution in [1.82, 2.24) is 10.1 Å². The average molecular weight is 320 g/mol. The summed E-state index contributed by atoms with van der Waals surface area (Å²) in [6.07, 6.45) is 0.480. The Morgan fingerprint density at radius 1 is 1.29 bits per heavy atom. The molecule has 0 radical (unpaired) electrons. The number of carbonyl (C=O) groups is 1. The van der Waals surface area contributed by atoms with Crippen molar-refractivity contribution in [2.24, 2.45) is 5.73 Å². The lowest BCUT2D eigenvalue weighted by atomic mass is 10.1. The molecule has 2 heterocycles. The summed E-state index contributed by atoms with van der Waals surface area (Å²) >= 11 is 7.46.